The lowest BCUT2D eigenvalue weighted by molar-refractivity contribution is 0.0866. The van der Waals surface area contributed by atoms with E-state index < -0.39 is 0 Å². The van der Waals surface area contributed by atoms with E-state index in [2.05, 4.69) is 76.0 Å². The Kier molecular flexibility index (Phi) is 8.53. The molecule has 10 heteroatoms. The van der Waals surface area contributed by atoms with Crippen LogP contribution in [0.5, 0.6) is 0 Å². The molecule has 6 rings (SSSR count). The number of rotatable bonds is 7. The van der Waals surface area contributed by atoms with Crippen LogP contribution in [0.3, 0.4) is 0 Å². The van der Waals surface area contributed by atoms with E-state index in [1.165, 1.54) is 0 Å². The van der Waals surface area contributed by atoms with Crippen molar-refractivity contribution in [1.29, 1.82) is 5.26 Å². The Bertz CT molecular complexity index is 1600. The summed E-state index contributed by atoms with van der Waals surface area (Å²) in [5.74, 6) is 0. The average molecular weight is 599 g/mol. The van der Waals surface area contributed by atoms with Crippen LogP contribution in [0, 0.1) is 11.3 Å². The highest BCUT2D eigenvalue weighted by molar-refractivity contribution is 6.35. The lowest BCUT2D eigenvalue weighted by Gasteiger charge is -2.40. The molecule has 0 aliphatic carbocycles. The van der Waals surface area contributed by atoms with Crippen molar-refractivity contribution in [2.75, 3.05) is 36.9 Å². The quantitative estimate of drug-likeness (QED) is 0.246. The second-order valence-electron chi connectivity index (χ2n) is 12.6. The molecule has 0 spiro atoms. The van der Waals surface area contributed by atoms with Gasteiger partial charge in [-0.2, -0.15) is 5.26 Å². The third kappa shape index (κ3) is 6.47. The zero-order valence-corrected chi connectivity index (χ0v) is 25.8. The van der Waals surface area contributed by atoms with Crippen LogP contribution in [0.1, 0.15) is 75.4 Å². The molecule has 2 aliphatic rings. The van der Waals surface area contributed by atoms with Crippen molar-refractivity contribution in [2.45, 2.75) is 70.1 Å². The Morgan fingerprint density at radius 1 is 1.12 bits per heavy atom. The van der Waals surface area contributed by atoms with Crippen LogP contribution in [0.4, 0.5) is 11.4 Å². The fourth-order valence-electron chi connectivity index (χ4n) is 6.18. The number of piperidine rings is 1. The Morgan fingerprint density at radius 2 is 1.91 bits per heavy atom. The van der Waals surface area contributed by atoms with Gasteiger partial charge in [-0.1, -0.05) is 47.1 Å². The van der Waals surface area contributed by atoms with Crippen LogP contribution in [0.2, 0.25) is 5.02 Å². The Hall–Kier alpha value is -3.71. The largest absolute Gasteiger partial charge is 0.379 e. The summed E-state index contributed by atoms with van der Waals surface area (Å²) in [6.07, 6.45) is 7.70. The van der Waals surface area contributed by atoms with E-state index in [9.17, 15) is 5.26 Å². The highest BCUT2D eigenvalue weighted by Gasteiger charge is 2.29. The third-order valence-electron chi connectivity index (χ3n) is 8.61. The van der Waals surface area contributed by atoms with Crippen molar-refractivity contribution in [3.05, 3.63) is 76.7 Å². The molecule has 0 bridgehead atoms. The minimum absolute atomic E-state index is 0.115. The number of benzene rings is 2. The molecule has 224 valence electrons. The summed E-state index contributed by atoms with van der Waals surface area (Å²) in [5, 5.41) is 27.7. The first-order valence-electron chi connectivity index (χ1n) is 15.1. The van der Waals surface area contributed by atoms with Gasteiger partial charge in [0.25, 0.3) is 0 Å². The zero-order valence-electron chi connectivity index (χ0n) is 25.1. The summed E-state index contributed by atoms with van der Waals surface area (Å²) in [6.45, 7) is 10.3. The van der Waals surface area contributed by atoms with Crippen LogP contribution in [-0.4, -0.2) is 62.8 Å². The maximum absolute atomic E-state index is 9.92. The molecular weight excluding hydrogens is 560 g/mol. The van der Waals surface area contributed by atoms with Crippen LogP contribution in [0.15, 0.2) is 54.9 Å². The summed E-state index contributed by atoms with van der Waals surface area (Å²) < 4.78 is 7.73. The smallest absolute Gasteiger partial charge is 0.109 e. The number of pyridine rings is 1. The lowest BCUT2D eigenvalue weighted by Crippen LogP contribution is -2.46. The Balaban J connectivity index is 1.32. The van der Waals surface area contributed by atoms with Crippen molar-refractivity contribution in [1.82, 2.24) is 24.9 Å². The molecule has 2 aromatic heterocycles. The van der Waals surface area contributed by atoms with Gasteiger partial charge in [-0.25, -0.2) is 4.68 Å². The number of likely N-dealkylation sites (tertiary alicyclic amines) is 1. The fraction of sp³-hybridized carbons (Fsp3) is 0.455. The number of nitrogens with one attached hydrogen (secondary N) is 2. The van der Waals surface area contributed by atoms with E-state index in [0.29, 0.717) is 28.8 Å². The summed E-state index contributed by atoms with van der Waals surface area (Å²) in [7, 11) is 0. The highest BCUT2D eigenvalue weighted by atomic mass is 35.5. The minimum atomic E-state index is -0.256. The molecule has 2 aliphatic heterocycles. The normalized spacial score (nSPS) is 19.2. The standard InChI is InChI=1S/C33H39ClN8O/c1-33(2,3)41-13-11-26(12-14-41)42-20-29(39-40-42)31(22-8-5-4-6-9-22)38-25-16-27-30(37-24-10-7-15-43-21-24)23(18-35)19-36-32(27)28(34)17-25/h4-6,8-9,16-17,19-20,24,26,31,38H,7,10-15,21H2,1-3H3,(H,36,37)/t24?,31-/m0/s1. The van der Waals surface area contributed by atoms with E-state index in [1.807, 2.05) is 35.0 Å². The van der Waals surface area contributed by atoms with Crippen LogP contribution < -0.4 is 10.6 Å². The summed E-state index contributed by atoms with van der Waals surface area (Å²) in [6, 6.07) is 16.6. The summed E-state index contributed by atoms with van der Waals surface area (Å²) >= 11 is 6.82. The van der Waals surface area contributed by atoms with Crippen molar-refractivity contribution >= 4 is 33.9 Å². The first-order chi connectivity index (χ1) is 20.8. The van der Waals surface area contributed by atoms with E-state index in [1.54, 1.807) is 6.20 Å². The van der Waals surface area contributed by atoms with Crippen LogP contribution >= 0.6 is 11.6 Å². The summed E-state index contributed by atoms with van der Waals surface area (Å²) in [4.78, 5) is 7.07. The molecule has 4 aromatic rings. The molecule has 0 amide bonds. The number of fused-ring (bicyclic) bond motifs is 1. The van der Waals surface area contributed by atoms with Crippen molar-refractivity contribution in [3.63, 3.8) is 0 Å². The van der Waals surface area contributed by atoms with Gasteiger partial charge in [-0.3, -0.25) is 9.88 Å². The predicted molar refractivity (Wildman–Crippen MR) is 170 cm³/mol. The number of nitriles is 1. The minimum Gasteiger partial charge on any atom is -0.379 e. The number of anilines is 2. The number of aromatic nitrogens is 4. The van der Waals surface area contributed by atoms with Crippen molar-refractivity contribution < 1.29 is 4.74 Å². The number of ether oxygens (including phenoxy) is 1. The van der Waals surface area contributed by atoms with E-state index in [0.717, 1.165) is 73.4 Å². The number of hydrogen-bond donors (Lipinski definition) is 2. The highest BCUT2D eigenvalue weighted by Crippen LogP contribution is 2.36. The van der Waals surface area contributed by atoms with Crippen molar-refractivity contribution in [2.24, 2.45) is 0 Å². The van der Waals surface area contributed by atoms with Gasteiger partial charge >= 0.3 is 0 Å². The number of nitrogens with zero attached hydrogens (tertiary/aromatic N) is 6. The van der Waals surface area contributed by atoms with Gasteiger partial charge in [0.2, 0.25) is 0 Å². The molecular formula is C33H39ClN8O. The van der Waals surface area contributed by atoms with Crippen LogP contribution in [-0.2, 0) is 4.74 Å². The van der Waals surface area contributed by atoms with Gasteiger partial charge in [0, 0.05) is 48.5 Å². The molecule has 2 fully saturated rings. The molecule has 2 N–H and O–H groups in total. The molecule has 4 heterocycles. The average Bonchev–Trinajstić information content (AvgIpc) is 3.51. The molecule has 1 unspecified atom stereocenters. The third-order valence-corrected chi connectivity index (χ3v) is 8.90. The van der Waals surface area contributed by atoms with Gasteiger partial charge in [0.15, 0.2) is 0 Å². The Morgan fingerprint density at radius 3 is 2.60 bits per heavy atom. The first-order valence-corrected chi connectivity index (χ1v) is 15.5. The second-order valence-corrected chi connectivity index (χ2v) is 13.0. The van der Waals surface area contributed by atoms with Gasteiger partial charge in [-0.15, -0.1) is 5.10 Å². The second kappa shape index (κ2) is 12.5. The predicted octanol–water partition coefficient (Wildman–Crippen LogP) is 6.58. The topological polar surface area (TPSA) is 104 Å². The van der Waals surface area contributed by atoms with Gasteiger partial charge in [0.05, 0.1) is 46.7 Å². The van der Waals surface area contributed by atoms with Gasteiger partial charge in [-0.05, 0) is 64.2 Å². The van der Waals surface area contributed by atoms with E-state index in [-0.39, 0.29) is 17.6 Å². The Labute approximate surface area is 258 Å². The zero-order chi connectivity index (χ0) is 30.0. The molecule has 2 saturated heterocycles. The fourth-order valence-corrected chi connectivity index (χ4v) is 6.45. The SMILES string of the molecule is CC(C)(C)N1CCC(n2cc([C@@H](Nc3cc(Cl)c4ncc(C#N)c(NC5CCCOC5)c4c3)c3ccccc3)nn2)CC1. The maximum atomic E-state index is 9.92. The van der Waals surface area contributed by atoms with E-state index >= 15 is 0 Å². The molecule has 0 radical (unpaired) electrons. The molecule has 2 aromatic carbocycles. The molecule has 0 saturated carbocycles. The van der Waals surface area contributed by atoms with Gasteiger partial charge in [0.1, 0.15) is 11.8 Å². The summed E-state index contributed by atoms with van der Waals surface area (Å²) in [5.41, 5.74) is 4.74. The maximum Gasteiger partial charge on any atom is 0.109 e. The first kappa shape index (κ1) is 29.4. The molecule has 9 nitrogen and oxygen atoms in total. The van der Waals surface area contributed by atoms with Crippen molar-refractivity contribution in [3.8, 4) is 6.07 Å². The number of halogens is 1. The van der Waals surface area contributed by atoms with Crippen LogP contribution in [0.25, 0.3) is 10.9 Å². The monoisotopic (exact) mass is 598 g/mol. The number of hydrogen-bond acceptors (Lipinski definition) is 8. The van der Waals surface area contributed by atoms with Gasteiger partial charge < -0.3 is 15.4 Å². The van der Waals surface area contributed by atoms with E-state index in [4.69, 9.17) is 16.3 Å². The molecule has 43 heavy (non-hydrogen) atoms. The molecule has 2 atom stereocenters. The lowest BCUT2D eigenvalue weighted by atomic mass is 9.98.